The fraction of sp³-hybridized carbons (Fsp3) is 0.462. The van der Waals surface area contributed by atoms with Gasteiger partial charge in [0, 0.05) is 11.6 Å². The third kappa shape index (κ3) is 4.55. The Morgan fingerprint density at radius 3 is 2.78 bits per heavy atom. The molecule has 0 aliphatic carbocycles. The molecule has 0 bridgehead atoms. The number of nitrogen functional groups attached to an aromatic ring is 1. The first-order valence-electron chi connectivity index (χ1n) is 6.09. The number of carbonyl (C=O) groups is 1. The number of amides is 1. The molecule has 1 rings (SSSR count). The van der Waals surface area contributed by atoms with Crippen molar-refractivity contribution in [1.29, 1.82) is 0 Å². The van der Waals surface area contributed by atoms with Gasteiger partial charge in [-0.1, -0.05) is 25.4 Å². The van der Waals surface area contributed by atoms with Crippen molar-refractivity contribution in [3.05, 3.63) is 28.8 Å². The Morgan fingerprint density at radius 1 is 1.44 bits per heavy atom. The molecule has 0 unspecified atom stereocenters. The quantitative estimate of drug-likeness (QED) is 0.423. The molecule has 0 atom stereocenters. The van der Waals surface area contributed by atoms with Crippen LogP contribution in [0.1, 0.15) is 37.0 Å². The fourth-order valence-corrected chi connectivity index (χ4v) is 1.81. The maximum Gasteiger partial charge on any atom is 0.253 e. The van der Waals surface area contributed by atoms with E-state index in [-0.39, 0.29) is 5.91 Å². The molecule has 4 nitrogen and oxygen atoms in total. The van der Waals surface area contributed by atoms with Crippen LogP contribution in [0.3, 0.4) is 0 Å². The summed E-state index contributed by atoms with van der Waals surface area (Å²) >= 11 is 5.87. The lowest BCUT2D eigenvalue weighted by atomic mass is 10.1. The highest BCUT2D eigenvalue weighted by Gasteiger charge is 2.11. The van der Waals surface area contributed by atoms with E-state index in [1.165, 1.54) is 0 Å². The van der Waals surface area contributed by atoms with Gasteiger partial charge < -0.3 is 10.7 Å². The summed E-state index contributed by atoms with van der Waals surface area (Å²) in [6, 6.07) is 4.98. The predicted octanol–water partition coefficient (Wildman–Crippen LogP) is 2.79. The summed E-state index contributed by atoms with van der Waals surface area (Å²) in [5.41, 5.74) is 3.53. The van der Waals surface area contributed by atoms with Gasteiger partial charge in [0.15, 0.2) is 0 Å². The highest BCUT2D eigenvalue weighted by Crippen LogP contribution is 2.19. The summed E-state index contributed by atoms with van der Waals surface area (Å²) in [7, 11) is 0. The van der Waals surface area contributed by atoms with Gasteiger partial charge in [0.05, 0.1) is 11.3 Å². The average Bonchev–Trinajstić information content (AvgIpc) is 2.34. The summed E-state index contributed by atoms with van der Waals surface area (Å²) in [4.78, 5) is 12.0. The molecule has 100 valence electrons. The van der Waals surface area contributed by atoms with Crippen LogP contribution in [-0.4, -0.2) is 12.5 Å². The molecule has 0 saturated heterocycles. The second kappa shape index (κ2) is 7.24. The summed E-state index contributed by atoms with van der Waals surface area (Å²) in [5.74, 6) is 5.85. The molecular weight excluding hydrogens is 250 g/mol. The lowest BCUT2D eigenvalue weighted by Crippen LogP contribution is -2.26. The third-order valence-corrected chi connectivity index (χ3v) is 2.86. The van der Waals surface area contributed by atoms with Gasteiger partial charge >= 0.3 is 0 Å². The number of rotatable bonds is 6. The minimum Gasteiger partial charge on any atom is -0.352 e. The third-order valence-electron chi connectivity index (χ3n) is 2.63. The monoisotopic (exact) mass is 269 g/mol. The van der Waals surface area contributed by atoms with Crippen molar-refractivity contribution < 1.29 is 4.79 Å². The minimum atomic E-state index is -0.158. The molecule has 0 aromatic heterocycles. The van der Waals surface area contributed by atoms with Crippen LogP contribution < -0.4 is 16.6 Å². The number of hydrogen-bond acceptors (Lipinski definition) is 3. The smallest absolute Gasteiger partial charge is 0.253 e. The Labute approximate surface area is 113 Å². The Kier molecular flexibility index (Phi) is 5.95. The molecule has 1 aromatic rings. The highest BCUT2D eigenvalue weighted by molar-refractivity contribution is 6.31. The predicted molar refractivity (Wildman–Crippen MR) is 75.7 cm³/mol. The van der Waals surface area contributed by atoms with Crippen molar-refractivity contribution in [1.82, 2.24) is 5.32 Å². The Balaban J connectivity index is 2.58. The molecule has 1 aromatic carbocycles. The molecule has 0 radical (unpaired) electrons. The number of anilines is 1. The van der Waals surface area contributed by atoms with E-state index in [0.717, 1.165) is 12.8 Å². The van der Waals surface area contributed by atoms with Crippen molar-refractivity contribution in [2.24, 2.45) is 11.8 Å². The number of benzene rings is 1. The fourth-order valence-electron chi connectivity index (χ4n) is 1.64. The van der Waals surface area contributed by atoms with Gasteiger partial charge in [-0.2, -0.15) is 0 Å². The lowest BCUT2D eigenvalue weighted by molar-refractivity contribution is 0.0953. The van der Waals surface area contributed by atoms with Gasteiger partial charge in [-0.15, -0.1) is 0 Å². The first-order chi connectivity index (χ1) is 8.54. The topological polar surface area (TPSA) is 67.2 Å². The highest BCUT2D eigenvalue weighted by atomic mass is 35.5. The summed E-state index contributed by atoms with van der Waals surface area (Å²) in [5, 5.41) is 3.38. The van der Waals surface area contributed by atoms with Crippen LogP contribution in [0, 0.1) is 5.92 Å². The van der Waals surface area contributed by atoms with Gasteiger partial charge in [-0.05, 0) is 37.0 Å². The van der Waals surface area contributed by atoms with Gasteiger partial charge in [-0.3, -0.25) is 10.6 Å². The molecule has 0 heterocycles. The molecule has 4 N–H and O–H groups in total. The van der Waals surface area contributed by atoms with Gasteiger partial charge in [0.25, 0.3) is 5.91 Å². The summed E-state index contributed by atoms with van der Waals surface area (Å²) in [6.45, 7) is 4.98. The maximum absolute atomic E-state index is 12.0. The van der Waals surface area contributed by atoms with Crippen LogP contribution in [0.4, 0.5) is 5.69 Å². The van der Waals surface area contributed by atoms with Crippen molar-refractivity contribution in [2.75, 3.05) is 12.0 Å². The molecule has 0 saturated carbocycles. The van der Waals surface area contributed by atoms with Crippen molar-refractivity contribution in [3.8, 4) is 0 Å². The number of hydrazine groups is 1. The van der Waals surface area contributed by atoms with Crippen LogP contribution in [0.5, 0.6) is 0 Å². The van der Waals surface area contributed by atoms with E-state index >= 15 is 0 Å². The SMILES string of the molecule is CC(C)CCCNC(=O)c1cc(Cl)ccc1NN. The van der Waals surface area contributed by atoms with E-state index in [2.05, 4.69) is 24.6 Å². The number of carbonyl (C=O) groups excluding carboxylic acids is 1. The minimum absolute atomic E-state index is 0.158. The maximum atomic E-state index is 12.0. The second-order valence-corrected chi connectivity index (χ2v) is 5.06. The van der Waals surface area contributed by atoms with Crippen molar-refractivity contribution in [3.63, 3.8) is 0 Å². The van der Waals surface area contributed by atoms with E-state index in [1.54, 1.807) is 18.2 Å². The molecule has 18 heavy (non-hydrogen) atoms. The molecule has 1 amide bonds. The summed E-state index contributed by atoms with van der Waals surface area (Å²) in [6.07, 6.45) is 2.06. The molecule has 0 aliphatic heterocycles. The Bertz CT molecular complexity index is 407. The van der Waals surface area contributed by atoms with Crippen LogP contribution in [0.25, 0.3) is 0 Å². The summed E-state index contributed by atoms with van der Waals surface area (Å²) < 4.78 is 0. The van der Waals surface area contributed by atoms with Gasteiger partial charge in [-0.25, -0.2) is 0 Å². The van der Waals surface area contributed by atoms with Crippen LogP contribution >= 0.6 is 11.6 Å². The van der Waals surface area contributed by atoms with Crippen molar-refractivity contribution in [2.45, 2.75) is 26.7 Å². The van der Waals surface area contributed by atoms with E-state index < -0.39 is 0 Å². The average molecular weight is 270 g/mol. The Morgan fingerprint density at radius 2 is 2.17 bits per heavy atom. The number of nitrogens with one attached hydrogen (secondary N) is 2. The zero-order valence-electron chi connectivity index (χ0n) is 10.8. The lowest BCUT2D eigenvalue weighted by Gasteiger charge is -2.10. The molecule has 0 fully saturated rings. The Hall–Kier alpha value is -1.26. The van der Waals surface area contributed by atoms with Gasteiger partial charge in [0.1, 0.15) is 0 Å². The van der Waals surface area contributed by atoms with Gasteiger partial charge in [0.2, 0.25) is 0 Å². The van der Waals surface area contributed by atoms with Crippen LogP contribution in [-0.2, 0) is 0 Å². The molecule has 0 spiro atoms. The van der Waals surface area contributed by atoms with Crippen LogP contribution in [0.15, 0.2) is 18.2 Å². The first kappa shape index (κ1) is 14.8. The first-order valence-corrected chi connectivity index (χ1v) is 6.46. The number of halogens is 1. The molecule has 0 aliphatic rings. The molecule has 5 heteroatoms. The van der Waals surface area contributed by atoms with E-state index in [1.807, 2.05) is 0 Å². The zero-order chi connectivity index (χ0) is 13.5. The molecular formula is C13H20ClN3O. The van der Waals surface area contributed by atoms with Crippen LogP contribution in [0.2, 0.25) is 5.02 Å². The second-order valence-electron chi connectivity index (χ2n) is 4.63. The number of hydrogen-bond donors (Lipinski definition) is 3. The van der Waals surface area contributed by atoms with E-state index in [0.29, 0.717) is 28.7 Å². The standard InChI is InChI=1S/C13H20ClN3O/c1-9(2)4-3-7-16-13(18)11-8-10(14)5-6-12(11)17-15/h5-6,8-9,17H,3-4,7,15H2,1-2H3,(H,16,18). The van der Waals surface area contributed by atoms with E-state index in [9.17, 15) is 4.79 Å². The van der Waals surface area contributed by atoms with Crippen molar-refractivity contribution >= 4 is 23.2 Å². The zero-order valence-corrected chi connectivity index (χ0v) is 11.6. The number of nitrogens with two attached hydrogens (primary N) is 1. The normalized spacial score (nSPS) is 10.5. The van der Waals surface area contributed by atoms with E-state index in [4.69, 9.17) is 17.4 Å². The largest absolute Gasteiger partial charge is 0.352 e.